The van der Waals surface area contributed by atoms with Crippen LogP contribution >= 0.6 is 0 Å². The minimum absolute atomic E-state index is 0.236. The minimum Gasteiger partial charge on any atom is -0.378 e. The van der Waals surface area contributed by atoms with Crippen LogP contribution in [0.4, 0.5) is 0 Å². The molecule has 0 aliphatic rings. The summed E-state index contributed by atoms with van der Waals surface area (Å²) in [6, 6.07) is 0.548. The van der Waals surface area contributed by atoms with Crippen LogP contribution in [0.1, 0.15) is 53.4 Å². The normalized spacial score (nSPS) is 14.1. The molecule has 2 nitrogen and oxygen atoms in total. The van der Waals surface area contributed by atoms with Crippen molar-refractivity contribution in [3.05, 3.63) is 0 Å². The van der Waals surface area contributed by atoms with Gasteiger partial charge in [0.2, 0.25) is 0 Å². The molecule has 1 atom stereocenters. The molecular formula is C11H25NO. The van der Waals surface area contributed by atoms with Crippen LogP contribution in [0.2, 0.25) is 0 Å². The van der Waals surface area contributed by atoms with Crippen molar-refractivity contribution in [1.82, 2.24) is 4.90 Å². The molecule has 80 valence electrons. The van der Waals surface area contributed by atoms with Crippen molar-refractivity contribution >= 4 is 0 Å². The highest BCUT2D eigenvalue weighted by molar-refractivity contribution is 4.70. The Hall–Kier alpha value is -0.0800. The van der Waals surface area contributed by atoms with Gasteiger partial charge in [-0.05, 0) is 25.8 Å². The van der Waals surface area contributed by atoms with E-state index in [4.69, 9.17) is 0 Å². The number of rotatable bonds is 7. The molecule has 0 saturated carbocycles. The van der Waals surface area contributed by atoms with Gasteiger partial charge in [-0.1, -0.05) is 34.1 Å². The van der Waals surface area contributed by atoms with Crippen molar-refractivity contribution in [3.8, 4) is 0 Å². The van der Waals surface area contributed by atoms with E-state index in [1.807, 2.05) is 0 Å². The summed E-state index contributed by atoms with van der Waals surface area (Å²) in [6.45, 7) is 9.57. The van der Waals surface area contributed by atoms with E-state index in [9.17, 15) is 5.11 Å². The summed E-state index contributed by atoms with van der Waals surface area (Å²) < 4.78 is 0. The van der Waals surface area contributed by atoms with E-state index in [1.165, 1.54) is 0 Å². The maximum atomic E-state index is 9.87. The summed E-state index contributed by atoms with van der Waals surface area (Å²) in [5.41, 5.74) is 0. The lowest BCUT2D eigenvalue weighted by molar-refractivity contribution is -0.0293. The molecule has 0 heterocycles. The average molecular weight is 187 g/mol. The molecular weight excluding hydrogens is 162 g/mol. The highest BCUT2D eigenvalue weighted by Gasteiger charge is 2.19. The third kappa shape index (κ3) is 4.10. The van der Waals surface area contributed by atoms with Crippen LogP contribution in [0.15, 0.2) is 0 Å². The Balaban J connectivity index is 4.11. The monoisotopic (exact) mass is 187 g/mol. The van der Waals surface area contributed by atoms with Crippen LogP contribution in [0, 0.1) is 0 Å². The molecule has 0 spiro atoms. The van der Waals surface area contributed by atoms with Gasteiger partial charge in [-0.2, -0.15) is 0 Å². The maximum Gasteiger partial charge on any atom is 0.107 e. The molecule has 0 aromatic heterocycles. The van der Waals surface area contributed by atoms with E-state index in [0.717, 1.165) is 32.2 Å². The zero-order valence-corrected chi connectivity index (χ0v) is 9.58. The van der Waals surface area contributed by atoms with Crippen LogP contribution in [0.3, 0.4) is 0 Å². The molecule has 0 fully saturated rings. The van der Waals surface area contributed by atoms with Gasteiger partial charge in [-0.15, -0.1) is 0 Å². The fourth-order valence-electron chi connectivity index (χ4n) is 1.89. The number of aliphatic hydroxyl groups excluding tert-OH is 1. The van der Waals surface area contributed by atoms with Crippen molar-refractivity contribution in [2.75, 3.05) is 6.54 Å². The van der Waals surface area contributed by atoms with Gasteiger partial charge in [0.15, 0.2) is 0 Å². The fourth-order valence-corrected chi connectivity index (χ4v) is 1.89. The van der Waals surface area contributed by atoms with Gasteiger partial charge in [-0.25, -0.2) is 0 Å². The quantitative estimate of drug-likeness (QED) is 0.619. The predicted octanol–water partition coefficient (Wildman–Crippen LogP) is 2.62. The van der Waals surface area contributed by atoms with Crippen LogP contribution < -0.4 is 0 Å². The lowest BCUT2D eigenvalue weighted by atomic mass is 10.1. The smallest absolute Gasteiger partial charge is 0.107 e. The molecule has 0 rings (SSSR count). The summed E-state index contributed by atoms with van der Waals surface area (Å²) in [6.07, 6.45) is 3.97. The largest absolute Gasteiger partial charge is 0.378 e. The molecule has 1 unspecified atom stereocenters. The van der Waals surface area contributed by atoms with E-state index in [-0.39, 0.29) is 6.23 Å². The van der Waals surface area contributed by atoms with E-state index in [1.54, 1.807) is 0 Å². The Kier molecular flexibility index (Phi) is 7.29. The molecule has 0 aliphatic carbocycles. The highest BCUT2D eigenvalue weighted by Crippen LogP contribution is 2.13. The molecule has 2 heteroatoms. The molecule has 13 heavy (non-hydrogen) atoms. The van der Waals surface area contributed by atoms with Crippen molar-refractivity contribution in [3.63, 3.8) is 0 Å². The second-order valence-electron chi connectivity index (χ2n) is 3.57. The Morgan fingerprint density at radius 1 is 1.08 bits per heavy atom. The van der Waals surface area contributed by atoms with E-state index in [2.05, 4.69) is 32.6 Å². The molecule has 0 aromatic carbocycles. The number of hydrogen-bond donors (Lipinski definition) is 1. The highest BCUT2D eigenvalue weighted by atomic mass is 16.3. The lowest BCUT2D eigenvalue weighted by Gasteiger charge is -2.33. The summed E-state index contributed by atoms with van der Waals surface area (Å²) in [4.78, 5) is 2.21. The first-order valence-corrected chi connectivity index (χ1v) is 5.64. The summed E-state index contributed by atoms with van der Waals surface area (Å²) in [5.74, 6) is 0. The number of aliphatic hydroxyl groups is 1. The fraction of sp³-hybridized carbons (Fsp3) is 1.00. The number of hydrogen-bond acceptors (Lipinski definition) is 2. The zero-order chi connectivity index (χ0) is 10.3. The first-order valence-electron chi connectivity index (χ1n) is 5.64. The molecule has 0 radical (unpaired) electrons. The molecule has 1 N–H and O–H groups in total. The van der Waals surface area contributed by atoms with Crippen LogP contribution in [0.25, 0.3) is 0 Å². The van der Waals surface area contributed by atoms with Crippen molar-refractivity contribution in [2.24, 2.45) is 0 Å². The first-order chi connectivity index (χ1) is 6.21. The minimum atomic E-state index is -0.236. The van der Waals surface area contributed by atoms with Crippen molar-refractivity contribution in [2.45, 2.75) is 65.6 Å². The Morgan fingerprint density at radius 3 is 1.92 bits per heavy atom. The molecule has 0 saturated heterocycles. The SMILES string of the molecule is CCCC(O)N(CC)C(CC)CC. The Bertz CT molecular complexity index is 113. The summed E-state index contributed by atoms with van der Waals surface area (Å²) in [5, 5.41) is 9.87. The first kappa shape index (κ1) is 12.9. The second-order valence-corrected chi connectivity index (χ2v) is 3.57. The summed E-state index contributed by atoms with van der Waals surface area (Å²) >= 11 is 0. The second kappa shape index (κ2) is 7.34. The Morgan fingerprint density at radius 2 is 1.62 bits per heavy atom. The van der Waals surface area contributed by atoms with E-state index in [0.29, 0.717) is 6.04 Å². The number of nitrogens with zero attached hydrogens (tertiary/aromatic N) is 1. The molecule has 0 bridgehead atoms. The average Bonchev–Trinajstić information content (AvgIpc) is 2.14. The van der Waals surface area contributed by atoms with Gasteiger partial charge in [0.1, 0.15) is 6.23 Å². The van der Waals surface area contributed by atoms with Gasteiger partial charge in [-0.3, -0.25) is 4.90 Å². The lowest BCUT2D eigenvalue weighted by Crippen LogP contribution is -2.42. The van der Waals surface area contributed by atoms with Crippen molar-refractivity contribution in [1.29, 1.82) is 0 Å². The summed E-state index contributed by atoms with van der Waals surface area (Å²) in [7, 11) is 0. The Labute approximate surface area is 82.9 Å². The van der Waals surface area contributed by atoms with Crippen LogP contribution in [-0.4, -0.2) is 28.8 Å². The standard InChI is InChI=1S/C11H25NO/c1-5-9-11(13)12(8-4)10(6-2)7-3/h10-11,13H,5-9H2,1-4H3. The van der Waals surface area contributed by atoms with Crippen LogP contribution in [-0.2, 0) is 0 Å². The van der Waals surface area contributed by atoms with Gasteiger partial charge in [0.25, 0.3) is 0 Å². The van der Waals surface area contributed by atoms with Crippen LogP contribution in [0.5, 0.6) is 0 Å². The third-order valence-corrected chi connectivity index (χ3v) is 2.71. The predicted molar refractivity (Wildman–Crippen MR) is 57.7 cm³/mol. The zero-order valence-electron chi connectivity index (χ0n) is 9.58. The van der Waals surface area contributed by atoms with Crippen molar-refractivity contribution < 1.29 is 5.11 Å². The van der Waals surface area contributed by atoms with Gasteiger partial charge in [0, 0.05) is 6.04 Å². The maximum absolute atomic E-state index is 9.87. The van der Waals surface area contributed by atoms with Gasteiger partial charge < -0.3 is 5.11 Å². The molecule has 0 aromatic rings. The molecule has 0 amide bonds. The third-order valence-electron chi connectivity index (χ3n) is 2.71. The van der Waals surface area contributed by atoms with Gasteiger partial charge in [0.05, 0.1) is 0 Å². The van der Waals surface area contributed by atoms with E-state index < -0.39 is 0 Å². The topological polar surface area (TPSA) is 23.5 Å². The van der Waals surface area contributed by atoms with Gasteiger partial charge >= 0.3 is 0 Å². The molecule has 0 aliphatic heterocycles. The van der Waals surface area contributed by atoms with E-state index >= 15 is 0 Å².